The van der Waals surface area contributed by atoms with E-state index < -0.39 is 12.1 Å². The number of carbonyl (C=O) groups excluding carboxylic acids is 1. The molecular weight excluding hydrogens is 474 g/mol. The van der Waals surface area contributed by atoms with Crippen LogP contribution in [0, 0.1) is 0 Å². The van der Waals surface area contributed by atoms with Crippen molar-refractivity contribution in [2.24, 2.45) is 5.73 Å². The molecule has 186 valence electrons. The number of nitrogens with two attached hydrogens (primary N) is 1. The van der Waals surface area contributed by atoms with Gasteiger partial charge in [0.2, 0.25) is 5.91 Å². The summed E-state index contributed by atoms with van der Waals surface area (Å²) in [5.41, 5.74) is 11.7. The molecule has 6 rings (SSSR count). The summed E-state index contributed by atoms with van der Waals surface area (Å²) in [7, 11) is 0. The number of H-pyrrole nitrogens is 1. The van der Waals surface area contributed by atoms with Crippen molar-refractivity contribution in [3.8, 4) is 21.8 Å². The van der Waals surface area contributed by atoms with Crippen LogP contribution in [0.2, 0.25) is 0 Å². The number of fused-ring (bicyclic) bond motifs is 1. The number of anilines is 2. The van der Waals surface area contributed by atoms with Gasteiger partial charge in [-0.2, -0.15) is 0 Å². The van der Waals surface area contributed by atoms with Gasteiger partial charge in [-0.15, -0.1) is 11.3 Å². The average molecular weight is 504 g/mol. The van der Waals surface area contributed by atoms with Crippen LogP contribution in [0.25, 0.3) is 32.9 Å². The highest BCUT2D eigenvalue weighted by Gasteiger charge is 2.25. The minimum atomic E-state index is -0.464. The first-order valence-corrected chi connectivity index (χ1v) is 13.3. The number of rotatable bonds is 5. The zero-order chi connectivity index (χ0) is 24.6. The largest absolute Gasteiger partial charge is 0.378 e. The van der Waals surface area contributed by atoms with Crippen LogP contribution < -0.4 is 15.5 Å². The van der Waals surface area contributed by atoms with Crippen molar-refractivity contribution in [1.82, 2.24) is 9.97 Å². The standard InChI is InChI=1S/C27H29N5O3S/c28-26(34)19-6-5-18(31-10-12-35-13-11-31)16-20(19)17-4-7-21-22(15-17)30-27(29-21)25-23(8-14-36-25)32-9-2-1-3-24(32)33/h4-8,14-16,24,33H,1-3,9-13H2,(H2,28,34)(H,29,30). The second-order valence-electron chi connectivity index (χ2n) is 9.32. The fourth-order valence-corrected chi connectivity index (χ4v) is 6.04. The molecule has 0 radical (unpaired) electrons. The van der Waals surface area contributed by atoms with Gasteiger partial charge in [-0.05, 0) is 72.2 Å². The second kappa shape index (κ2) is 9.57. The van der Waals surface area contributed by atoms with Gasteiger partial charge in [0.05, 0.1) is 34.8 Å². The summed E-state index contributed by atoms with van der Waals surface area (Å²) in [6, 6.07) is 13.9. The van der Waals surface area contributed by atoms with Gasteiger partial charge >= 0.3 is 0 Å². The van der Waals surface area contributed by atoms with E-state index in [4.69, 9.17) is 15.5 Å². The molecule has 36 heavy (non-hydrogen) atoms. The van der Waals surface area contributed by atoms with E-state index >= 15 is 0 Å². The first kappa shape index (κ1) is 23.0. The number of primary amides is 1. The van der Waals surface area contributed by atoms with Crippen molar-refractivity contribution < 1.29 is 14.6 Å². The molecule has 4 aromatic rings. The van der Waals surface area contributed by atoms with E-state index in [0.717, 1.165) is 83.1 Å². The number of ether oxygens (including phenoxy) is 1. The van der Waals surface area contributed by atoms with E-state index in [1.807, 2.05) is 41.8 Å². The van der Waals surface area contributed by atoms with E-state index in [0.29, 0.717) is 18.8 Å². The molecule has 0 saturated carbocycles. The number of hydrogen-bond acceptors (Lipinski definition) is 7. The lowest BCUT2D eigenvalue weighted by Crippen LogP contribution is -2.39. The maximum Gasteiger partial charge on any atom is 0.249 e. The Morgan fingerprint density at radius 1 is 1.11 bits per heavy atom. The Bertz CT molecular complexity index is 1410. The number of carbonyl (C=O) groups is 1. The number of amides is 1. The molecule has 1 atom stereocenters. The number of aliphatic hydroxyl groups excluding tert-OH is 1. The number of benzene rings is 2. The number of morpholine rings is 1. The molecule has 1 amide bonds. The second-order valence-corrected chi connectivity index (χ2v) is 10.2. The smallest absolute Gasteiger partial charge is 0.249 e. The third kappa shape index (κ3) is 4.23. The normalized spacial score (nSPS) is 18.6. The van der Waals surface area contributed by atoms with Crippen LogP contribution in [0.15, 0.2) is 47.8 Å². The van der Waals surface area contributed by atoms with E-state index in [9.17, 15) is 9.90 Å². The molecule has 0 bridgehead atoms. The lowest BCUT2D eigenvalue weighted by atomic mass is 9.97. The highest BCUT2D eigenvalue weighted by Crippen LogP contribution is 2.38. The van der Waals surface area contributed by atoms with Gasteiger partial charge in [0.25, 0.3) is 0 Å². The number of hydrogen-bond donors (Lipinski definition) is 3. The fourth-order valence-electron chi connectivity index (χ4n) is 5.19. The van der Waals surface area contributed by atoms with Gasteiger partial charge in [-0.1, -0.05) is 6.07 Å². The zero-order valence-electron chi connectivity index (χ0n) is 19.9. The minimum absolute atomic E-state index is 0.452. The Labute approximate surface area is 213 Å². The maximum absolute atomic E-state index is 12.3. The van der Waals surface area contributed by atoms with Crippen LogP contribution in [-0.4, -0.2) is 60.1 Å². The first-order chi connectivity index (χ1) is 17.6. The topological polar surface area (TPSA) is 108 Å². The van der Waals surface area contributed by atoms with Gasteiger partial charge in [-0.3, -0.25) is 4.79 Å². The summed E-state index contributed by atoms with van der Waals surface area (Å²) < 4.78 is 5.49. The van der Waals surface area contributed by atoms with Crippen LogP contribution >= 0.6 is 11.3 Å². The number of nitrogens with one attached hydrogen (secondary N) is 1. The average Bonchev–Trinajstić information content (AvgIpc) is 3.56. The summed E-state index contributed by atoms with van der Waals surface area (Å²) in [6.07, 6.45) is 2.44. The molecule has 2 fully saturated rings. The third-order valence-electron chi connectivity index (χ3n) is 7.08. The van der Waals surface area contributed by atoms with Gasteiger partial charge in [-0.25, -0.2) is 4.98 Å². The number of piperidine rings is 1. The molecule has 2 aromatic heterocycles. The number of imidazole rings is 1. The molecule has 2 aromatic carbocycles. The number of aliphatic hydroxyl groups is 1. The molecule has 4 N–H and O–H groups in total. The molecular formula is C27H29N5O3S. The predicted molar refractivity (Wildman–Crippen MR) is 144 cm³/mol. The molecule has 2 saturated heterocycles. The van der Waals surface area contributed by atoms with Crippen molar-refractivity contribution in [2.75, 3.05) is 42.6 Å². The van der Waals surface area contributed by atoms with Crippen molar-refractivity contribution in [2.45, 2.75) is 25.5 Å². The van der Waals surface area contributed by atoms with Gasteiger partial charge in [0.15, 0.2) is 5.82 Å². The summed E-state index contributed by atoms with van der Waals surface area (Å²) in [5.74, 6) is 0.328. The molecule has 2 aliphatic heterocycles. The summed E-state index contributed by atoms with van der Waals surface area (Å²) in [5, 5.41) is 12.6. The van der Waals surface area contributed by atoms with Gasteiger partial charge in [0.1, 0.15) is 6.23 Å². The van der Waals surface area contributed by atoms with E-state index in [2.05, 4.69) is 20.9 Å². The highest BCUT2D eigenvalue weighted by molar-refractivity contribution is 7.14. The summed E-state index contributed by atoms with van der Waals surface area (Å²) >= 11 is 1.61. The quantitative estimate of drug-likeness (QED) is 0.377. The van der Waals surface area contributed by atoms with Crippen LogP contribution in [0.3, 0.4) is 0 Å². The number of nitrogens with zero attached hydrogens (tertiary/aromatic N) is 3. The summed E-state index contributed by atoms with van der Waals surface area (Å²) in [4.78, 5) is 25.9. The van der Waals surface area contributed by atoms with Crippen molar-refractivity contribution in [1.29, 1.82) is 0 Å². The molecule has 9 heteroatoms. The van der Waals surface area contributed by atoms with Crippen molar-refractivity contribution in [3.63, 3.8) is 0 Å². The fraction of sp³-hybridized carbons (Fsp3) is 0.333. The van der Waals surface area contributed by atoms with Crippen LogP contribution in [0.5, 0.6) is 0 Å². The lowest BCUT2D eigenvalue weighted by molar-refractivity contribution is 0.100. The van der Waals surface area contributed by atoms with E-state index in [1.165, 1.54) is 0 Å². The highest BCUT2D eigenvalue weighted by atomic mass is 32.1. The molecule has 8 nitrogen and oxygen atoms in total. The van der Waals surface area contributed by atoms with Gasteiger partial charge < -0.3 is 30.4 Å². The Morgan fingerprint density at radius 3 is 2.78 bits per heavy atom. The monoisotopic (exact) mass is 503 g/mol. The SMILES string of the molecule is NC(=O)c1ccc(N2CCOCC2)cc1-c1ccc2nc(-c3sccc3N3CCCCC3O)[nH]c2c1. The van der Waals surface area contributed by atoms with Crippen LogP contribution in [0.4, 0.5) is 11.4 Å². The van der Waals surface area contributed by atoms with Crippen LogP contribution in [0.1, 0.15) is 29.6 Å². The Kier molecular flexibility index (Phi) is 6.12. The Morgan fingerprint density at radius 2 is 1.97 bits per heavy atom. The van der Waals surface area contributed by atoms with Gasteiger partial charge in [0, 0.05) is 30.9 Å². The third-order valence-corrected chi connectivity index (χ3v) is 7.99. The minimum Gasteiger partial charge on any atom is -0.378 e. The maximum atomic E-state index is 12.3. The van der Waals surface area contributed by atoms with Crippen molar-refractivity contribution in [3.05, 3.63) is 53.4 Å². The Hall–Kier alpha value is -3.40. The van der Waals surface area contributed by atoms with E-state index in [-0.39, 0.29) is 0 Å². The molecule has 0 aliphatic carbocycles. The zero-order valence-corrected chi connectivity index (χ0v) is 20.8. The first-order valence-electron chi connectivity index (χ1n) is 12.4. The number of aromatic nitrogens is 2. The molecule has 2 aliphatic rings. The molecule has 4 heterocycles. The van der Waals surface area contributed by atoms with E-state index in [1.54, 1.807) is 11.3 Å². The molecule has 0 spiro atoms. The summed E-state index contributed by atoms with van der Waals surface area (Å²) in [6.45, 7) is 3.84. The predicted octanol–water partition coefficient (Wildman–Crippen LogP) is 4.20. The molecule has 1 unspecified atom stereocenters. The number of thiophene rings is 1. The Balaban J connectivity index is 1.38. The number of aromatic amines is 1. The lowest BCUT2D eigenvalue weighted by Gasteiger charge is -2.33. The van der Waals surface area contributed by atoms with Crippen LogP contribution in [-0.2, 0) is 4.74 Å². The van der Waals surface area contributed by atoms with Crippen molar-refractivity contribution >= 4 is 39.7 Å².